The Balaban J connectivity index is 1.96. The summed E-state index contributed by atoms with van der Waals surface area (Å²) in [5.74, 6) is -1.65. The van der Waals surface area contributed by atoms with Gasteiger partial charge in [0, 0.05) is 30.4 Å². The van der Waals surface area contributed by atoms with E-state index in [1.807, 2.05) is 6.92 Å². The number of fused-ring (bicyclic) bond motifs is 2. The molecule has 0 aromatic carbocycles. The van der Waals surface area contributed by atoms with Crippen LogP contribution in [0.4, 0.5) is 0 Å². The van der Waals surface area contributed by atoms with Crippen molar-refractivity contribution in [3.63, 3.8) is 0 Å². The number of aliphatic hydroxyl groups excluding tert-OH is 1. The smallest absolute Gasteiger partial charge is 0.334 e. The van der Waals surface area contributed by atoms with E-state index in [1.165, 1.54) is 6.92 Å². The minimum absolute atomic E-state index is 0.0175. The maximum Gasteiger partial charge on any atom is 0.334 e. The van der Waals surface area contributed by atoms with Gasteiger partial charge in [-0.1, -0.05) is 12.7 Å². The van der Waals surface area contributed by atoms with Gasteiger partial charge in [0.2, 0.25) is 0 Å². The van der Waals surface area contributed by atoms with Gasteiger partial charge in [-0.25, -0.2) is 9.59 Å². The van der Waals surface area contributed by atoms with Crippen LogP contribution in [0.3, 0.4) is 0 Å². The fourth-order valence-electron chi connectivity index (χ4n) is 4.04. The van der Waals surface area contributed by atoms with Crippen LogP contribution in [0.25, 0.3) is 0 Å². The number of allylic oxidation sites excluding steroid dienone is 1. The third-order valence-corrected chi connectivity index (χ3v) is 6.15. The summed E-state index contributed by atoms with van der Waals surface area (Å²) in [7, 11) is 0. The normalized spacial score (nSPS) is 44.8. The summed E-state index contributed by atoms with van der Waals surface area (Å²) in [6.45, 7) is 10.6. The molecule has 0 bridgehead atoms. The average Bonchev–Trinajstić information content (AvgIpc) is 3.11. The fourth-order valence-corrected chi connectivity index (χ4v) is 4.04. The van der Waals surface area contributed by atoms with Crippen molar-refractivity contribution in [2.24, 2.45) is 5.92 Å². The van der Waals surface area contributed by atoms with E-state index in [2.05, 4.69) is 6.58 Å². The van der Waals surface area contributed by atoms with Gasteiger partial charge >= 0.3 is 11.9 Å². The lowest BCUT2D eigenvalue weighted by atomic mass is 9.77. The number of ether oxygens (including phenoxy) is 3. The van der Waals surface area contributed by atoms with Crippen LogP contribution in [0.5, 0.6) is 0 Å². The zero-order valence-electron chi connectivity index (χ0n) is 16.2. The predicted molar refractivity (Wildman–Crippen MR) is 95.6 cm³/mol. The maximum atomic E-state index is 12.4. The molecule has 7 unspecified atom stereocenters. The van der Waals surface area contributed by atoms with Crippen LogP contribution in [0.1, 0.15) is 47.0 Å². The lowest BCUT2D eigenvalue weighted by molar-refractivity contribution is -0.153. The molecule has 0 radical (unpaired) electrons. The molecule has 1 aliphatic carbocycles. The molecule has 27 heavy (non-hydrogen) atoms. The van der Waals surface area contributed by atoms with Crippen LogP contribution in [-0.4, -0.2) is 57.8 Å². The molecule has 0 spiro atoms. The Hall–Kier alpha value is -1.70. The Bertz CT molecular complexity index is 694. The van der Waals surface area contributed by atoms with E-state index in [-0.39, 0.29) is 24.5 Å². The average molecular weight is 380 g/mol. The monoisotopic (exact) mass is 380 g/mol. The van der Waals surface area contributed by atoms with Crippen molar-refractivity contribution >= 4 is 11.9 Å². The van der Waals surface area contributed by atoms with Crippen LogP contribution in [0.2, 0.25) is 0 Å². The molecular formula is C20H28O7. The minimum atomic E-state index is -1.48. The molecule has 2 N–H and O–H groups in total. The Morgan fingerprint density at radius 3 is 2.67 bits per heavy atom. The molecule has 0 aromatic rings. The van der Waals surface area contributed by atoms with Crippen molar-refractivity contribution in [2.75, 3.05) is 0 Å². The number of carbonyl (C=O) groups excluding carboxylic acids is 2. The van der Waals surface area contributed by atoms with Crippen LogP contribution >= 0.6 is 0 Å². The lowest BCUT2D eigenvalue weighted by Gasteiger charge is -2.36. The highest BCUT2D eigenvalue weighted by Crippen LogP contribution is 2.49. The number of hydrogen-bond acceptors (Lipinski definition) is 7. The van der Waals surface area contributed by atoms with Gasteiger partial charge in [0.15, 0.2) is 0 Å². The molecule has 3 rings (SSSR count). The fraction of sp³-hybridized carbons (Fsp3) is 0.700. The molecule has 0 amide bonds. The molecule has 7 heteroatoms. The number of hydrogen-bond donors (Lipinski definition) is 2. The van der Waals surface area contributed by atoms with Gasteiger partial charge in [-0.15, -0.1) is 0 Å². The topological polar surface area (TPSA) is 106 Å². The van der Waals surface area contributed by atoms with Crippen molar-refractivity contribution in [3.05, 3.63) is 23.8 Å². The second-order valence-electron chi connectivity index (χ2n) is 8.35. The van der Waals surface area contributed by atoms with Gasteiger partial charge in [0.25, 0.3) is 0 Å². The first-order chi connectivity index (χ1) is 12.5. The molecule has 3 aliphatic rings. The number of aliphatic hydroxyl groups is 2. The van der Waals surface area contributed by atoms with E-state index in [1.54, 1.807) is 19.9 Å². The van der Waals surface area contributed by atoms with Crippen LogP contribution in [0.15, 0.2) is 23.8 Å². The first-order valence-corrected chi connectivity index (χ1v) is 9.30. The molecule has 2 heterocycles. The molecule has 150 valence electrons. The van der Waals surface area contributed by atoms with Crippen molar-refractivity contribution < 1.29 is 34.0 Å². The summed E-state index contributed by atoms with van der Waals surface area (Å²) in [4.78, 5) is 24.6. The zero-order valence-corrected chi connectivity index (χ0v) is 16.2. The SMILES string of the molecule is C=C1C(=O)OC2CC(C)(O)C(O)CC3OC3(C)CC(OC(=O)/C(C)=C/C)C12. The Morgan fingerprint density at radius 1 is 1.37 bits per heavy atom. The Kier molecular flexibility index (Phi) is 4.99. The second kappa shape index (κ2) is 6.72. The molecule has 2 aliphatic heterocycles. The van der Waals surface area contributed by atoms with Gasteiger partial charge < -0.3 is 24.4 Å². The van der Waals surface area contributed by atoms with E-state index in [9.17, 15) is 19.8 Å². The standard InChI is InChI=1S/C20H28O7/c1-6-10(2)17(22)25-13-9-20(5)15(27-20)7-14(21)19(4,24)8-12-16(13)11(3)18(23)26-12/h6,12-16,21,24H,3,7-9H2,1-2,4-5H3/b10-6+. The highest BCUT2D eigenvalue weighted by Gasteiger charge is 2.60. The largest absolute Gasteiger partial charge is 0.458 e. The van der Waals surface area contributed by atoms with E-state index >= 15 is 0 Å². The van der Waals surface area contributed by atoms with E-state index in [0.717, 1.165) is 0 Å². The van der Waals surface area contributed by atoms with Gasteiger partial charge in [-0.05, 0) is 27.7 Å². The van der Waals surface area contributed by atoms with E-state index in [4.69, 9.17) is 14.2 Å². The zero-order chi connectivity index (χ0) is 20.1. The third kappa shape index (κ3) is 3.68. The lowest BCUT2D eigenvalue weighted by Crippen LogP contribution is -2.47. The maximum absolute atomic E-state index is 12.4. The van der Waals surface area contributed by atoms with Crippen LogP contribution in [-0.2, 0) is 23.8 Å². The molecule has 7 atom stereocenters. The highest BCUT2D eigenvalue weighted by molar-refractivity contribution is 5.91. The van der Waals surface area contributed by atoms with Crippen molar-refractivity contribution in [1.82, 2.24) is 0 Å². The van der Waals surface area contributed by atoms with Crippen LogP contribution < -0.4 is 0 Å². The number of esters is 2. The summed E-state index contributed by atoms with van der Waals surface area (Å²) in [6, 6.07) is 0. The molecule has 0 aromatic heterocycles. The number of epoxide rings is 1. The molecule has 7 nitrogen and oxygen atoms in total. The van der Waals surface area contributed by atoms with Crippen molar-refractivity contribution in [1.29, 1.82) is 0 Å². The summed E-state index contributed by atoms with van der Waals surface area (Å²) in [5, 5.41) is 21.2. The highest BCUT2D eigenvalue weighted by atomic mass is 16.6. The van der Waals surface area contributed by atoms with Crippen LogP contribution in [0, 0.1) is 5.92 Å². The Labute approximate surface area is 159 Å². The minimum Gasteiger partial charge on any atom is -0.458 e. The van der Waals surface area contributed by atoms with Crippen molar-refractivity contribution in [3.8, 4) is 0 Å². The summed E-state index contributed by atoms with van der Waals surface area (Å²) >= 11 is 0. The van der Waals surface area contributed by atoms with Gasteiger partial charge in [0.1, 0.15) is 12.2 Å². The Morgan fingerprint density at radius 2 is 2.04 bits per heavy atom. The number of carbonyl (C=O) groups is 2. The first kappa shape index (κ1) is 20.0. The summed E-state index contributed by atoms with van der Waals surface area (Å²) in [5.41, 5.74) is -1.42. The quantitative estimate of drug-likeness (QED) is 0.424. The molecule has 1 saturated carbocycles. The molecular weight excluding hydrogens is 352 g/mol. The summed E-state index contributed by atoms with van der Waals surface area (Å²) in [6.07, 6.45) is -0.424. The molecule has 3 fully saturated rings. The first-order valence-electron chi connectivity index (χ1n) is 9.30. The summed E-state index contributed by atoms with van der Waals surface area (Å²) < 4.78 is 16.9. The van der Waals surface area contributed by atoms with Gasteiger partial charge in [-0.3, -0.25) is 0 Å². The van der Waals surface area contributed by atoms with E-state index in [0.29, 0.717) is 12.0 Å². The van der Waals surface area contributed by atoms with Gasteiger partial charge in [0.05, 0.1) is 29.3 Å². The molecule has 2 saturated heterocycles. The van der Waals surface area contributed by atoms with Gasteiger partial charge in [-0.2, -0.15) is 0 Å². The third-order valence-electron chi connectivity index (χ3n) is 6.15. The predicted octanol–water partition coefficient (Wildman–Crippen LogP) is 1.42. The number of rotatable bonds is 2. The van der Waals surface area contributed by atoms with E-state index < -0.39 is 47.4 Å². The van der Waals surface area contributed by atoms with Crippen molar-refractivity contribution in [2.45, 2.75) is 82.6 Å². The second-order valence-corrected chi connectivity index (χ2v) is 8.35.